The third-order valence-electron chi connectivity index (χ3n) is 6.66. The SMILES string of the molecule is O=C1c2ccc3c4c(ccc(c24)C(=O)N1c1ccc(S(=O)(=O)[O-])cc1)C(=O)N(c1ccc(S(=O)(=O)[O-])cc1)C3=O. The number of hydrogen-bond acceptors (Lipinski definition) is 10. The summed E-state index contributed by atoms with van der Waals surface area (Å²) in [6.45, 7) is 0. The van der Waals surface area contributed by atoms with Crippen LogP contribution in [0.1, 0.15) is 41.4 Å². The van der Waals surface area contributed by atoms with Crippen LogP contribution in [0.2, 0.25) is 0 Å². The Bertz CT molecular complexity index is 1850. The van der Waals surface area contributed by atoms with Gasteiger partial charge in [0, 0.05) is 33.0 Å². The minimum atomic E-state index is -4.76. The number of nitrogens with zero attached hydrogens (tertiary/aromatic N) is 2. The second kappa shape index (κ2) is 8.37. The van der Waals surface area contributed by atoms with Crippen LogP contribution in [0.5, 0.6) is 0 Å². The molecule has 0 saturated carbocycles. The largest absolute Gasteiger partial charge is 0.744 e. The summed E-state index contributed by atoms with van der Waals surface area (Å²) >= 11 is 0. The number of anilines is 2. The van der Waals surface area contributed by atoms with Gasteiger partial charge in [0.1, 0.15) is 20.2 Å². The molecule has 0 aliphatic carbocycles. The Balaban J connectivity index is 1.46. The molecular weight excluding hydrogens is 564 g/mol. The standard InChI is InChI=1S/C26H14N2O10S2/c29-23-17-9-11-19-22-20(26(32)28(25(19)31)14-3-7-16(8-4-14)40(36,37)38)12-10-18(21(17)22)24(30)27(23)13-1-5-15(6-2-13)39(33,34)35/h1-12H,(H,33,34,35)(H,36,37,38)/p-2. The molecule has 6 rings (SSSR count). The van der Waals surface area contributed by atoms with Gasteiger partial charge in [-0.3, -0.25) is 19.2 Å². The second-order valence-corrected chi connectivity index (χ2v) is 11.6. The molecule has 200 valence electrons. The van der Waals surface area contributed by atoms with E-state index in [1.54, 1.807) is 0 Å². The average molecular weight is 577 g/mol. The lowest BCUT2D eigenvalue weighted by Gasteiger charge is -2.32. The van der Waals surface area contributed by atoms with E-state index in [0.717, 1.165) is 58.3 Å². The summed E-state index contributed by atoms with van der Waals surface area (Å²) in [6.07, 6.45) is 0. The number of benzene rings is 4. The highest BCUT2D eigenvalue weighted by Gasteiger charge is 2.40. The Kier molecular flexibility index (Phi) is 5.34. The van der Waals surface area contributed by atoms with Gasteiger partial charge in [-0.15, -0.1) is 0 Å². The number of carbonyl (C=O) groups is 4. The van der Waals surface area contributed by atoms with Crippen LogP contribution in [0.4, 0.5) is 11.4 Å². The fourth-order valence-corrected chi connectivity index (χ4v) is 5.81. The van der Waals surface area contributed by atoms with Crippen LogP contribution >= 0.6 is 0 Å². The van der Waals surface area contributed by atoms with Crippen molar-refractivity contribution in [3.8, 4) is 0 Å². The molecule has 0 N–H and O–H groups in total. The quantitative estimate of drug-likeness (QED) is 0.257. The zero-order chi connectivity index (χ0) is 28.7. The van der Waals surface area contributed by atoms with E-state index in [9.17, 15) is 45.1 Å². The van der Waals surface area contributed by atoms with Crippen molar-refractivity contribution in [1.82, 2.24) is 0 Å². The predicted octanol–water partition coefficient (Wildman–Crippen LogP) is 2.25. The Labute approximate surface area is 225 Å². The summed E-state index contributed by atoms with van der Waals surface area (Å²) in [5.41, 5.74) is 0.0424. The summed E-state index contributed by atoms with van der Waals surface area (Å²) < 4.78 is 67.6. The fourth-order valence-electron chi connectivity index (χ4n) is 4.87. The highest BCUT2D eigenvalue weighted by atomic mass is 32.2. The smallest absolute Gasteiger partial charge is 0.265 e. The molecule has 14 heteroatoms. The lowest BCUT2D eigenvalue weighted by molar-refractivity contribution is 0.0873. The molecule has 0 spiro atoms. The number of rotatable bonds is 4. The van der Waals surface area contributed by atoms with Crippen molar-refractivity contribution < 1.29 is 45.1 Å². The van der Waals surface area contributed by atoms with E-state index in [1.165, 1.54) is 24.3 Å². The van der Waals surface area contributed by atoms with Gasteiger partial charge in [0.2, 0.25) is 0 Å². The van der Waals surface area contributed by atoms with E-state index in [1.807, 2.05) is 0 Å². The third kappa shape index (κ3) is 3.65. The van der Waals surface area contributed by atoms with Gasteiger partial charge in [-0.25, -0.2) is 26.6 Å². The van der Waals surface area contributed by atoms with E-state index in [2.05, 4.69) is 0 Å². The zero-order valence-electron chi connectivity index (χ0n) is 19.7. The van der Waals surface area contributed by atoms with Gasteiger partial charge >= 0.3 is 0 Å². The molecule has 12 nitrogen and oxygen atoms in total. The summed E-state index contributed by atoms with van der Waals surface area (Å²) in [4.78, 5) is 54.3. The molecule has 2 heterocycles. The normalized spacial score (nSPS) is 15.2. The molecule has 0 atom stereocenters. The van der Waals surface area contributed by atoms with Crippen LogP contribution in [0.25, 0.3) is 10.8 Å². The van der Waals surface area contributed by atoms with E-state index < -0.39 is 53.7 Å². The molecule has 0 aromatic heterocycles. The molecule has 0 unspecified atom stereocenters. The Hall–Kier alpha value is -4.76. The van der Waals surface area contributed by atoms with E-state index >= 15 is 0 Å². The molecule has 0 radical (unpaired) electrons. The van der Waals surface area contributed by atoms with Crippen LogP contribution < -0.4 is 9.80 Å². The second-order valence-electron chi connectivity index (χ2n) is 8.86. The fraction of sp³-hybridized carbons (Fsp3) is 0. The summed E-state index contributed by atoms with van der Waals surface area (Å²) in [6, 6.07) is 13.7. The van der Waals surface area contributed by atoms with Gasteiger partial charge in [0.25, 0.3) is 23.6 Å². The van der Waals surface area contributed by atoms with E-state index in [0.29, 0.717) is 0 Å². The highest BCUT2D eigenvalue weighted by molar-refractivity contribution is 7.86. The zero-order valence-corrected chi connectivity index (χ0v) is 21.4. The van der Waals surface area contributed by atoms with Crippen LogP contribution in [-0.4, -0.2) is 49.6 Å². The molecule has 0 saturated heterocycles. The lowest BCUT2D eigenvalue weighted by atomic mass is 9.85. The molecule has 0 fully saturated rings. The van der Waals surface area contributed by atoms with Crippen LogP contribution in [0, 0.1) is 0 Å². The summed E-state index contributed by atoms with van der Waals surface area (Å²) in [5.74, 6) is -3.18. The maximum absolute atomic E-state index is 13.5. The van der Waals surface area contributed by atoms with Crippen LogP contribution in [0.15, 0.2) is 82.6 Å². The predicted molar refractivity (Wildman–Crippen MR) is 135 cm³/mol. The average Bonchev–Trinajstić information content (AvgIpc) is 2.90. The first-order valence-electron chi connectivity index (χ1n) is 11.3. The van der Waals surface area contributed by atoms with Gasteiger partial charge in [-0.05, 0) is 72.8 Å². The highest BCUT2D eigenvalue weighted by Crippen LogP contribution is 2.40. The first-order valence-corrected chi connectivity index (χ1v) is 14.1. The van der Waals surface area contributed by atoms with Crippen LogP contribution in [-0.2, 0) is 20.2 Å². The van der Waals surface area contributed by atoms with E-state index in [-0.39, 0.29) is 44.4 Å². The van der Waals surface area contributed by atoms with Gasteiger partial charge < -0.3 is 9.11 Å². The van der Waals surface area contributed by atoms with Crippen molar-refractivity contribution in [3.63, 3.8) is 0 Å². The van der Waals surface area contributed by atoms with Crippen molar-refractivity contribution >= 4 is 66.0 Å². The summed E-state index contributed by atoms with van der Waals surface area (Å²) in [7, 11) is -9.51. The summed E-state index contributed by atoms with van der Waals surface area (Å²) in [5, 5.41) is 0.184. The van der Waals surface area contributed by atoms with Gasteiger partial charge in [0.05, 0.1) is 21.2 Å². The Morgan fingerprint density at radius 1 is 0.425 bits per heavy atom. The number of hydrogen-bond donors (Lipinski definition) is 0. The first-order chi connectivity index (χ1) is 18.8. The molecule has 40 heavy (non-hydrogen) atoms. The molecule has 2 aliphatic rings. The van der Waals surface area contributed by atoms with Crippen LogP contribution in [0.3, 0.4) is 0 Å². The number of carbonyl (C=O) groups excluding carboxylic acids is 4. The van der Waals surface area contributed by atoms with Crippen molar-refractivity contribution in [3.05, 3.63) is 95.1 Å². The minimum Gasteiger partial charge on any atom is -0.744 e. The molecule has 4 amide bonds. The van der Waals surface area contributed by atoms with Crippen molar-refractivity contribution in [2.75, 3.05) is 9.80 Å². The maximum Gasteiger partial charge on any atom is 0.265 e. The van der Waals surface area contributed by atoms with E-state index in [4.69, 9.17) is 0 Å². The topological polar surface area (TPSA) is 189 Å². The number of imide groups is 2. The monoisotopic (exact) mass is 576 g/mol. The molecule has 4 aromatic rings. The first kappa shape index (κ1) is 25.5. The van der Waals surface area contributed by atoms with Crippen molar-refractivity contribution in [2.24, 2.45) is 0 Å². The maximum atomic E-state index is 13.5. The molecular formula is C26H12N2O10S2-2. The minimum absolute atomic E-state index is 0.00307. The lowest BCUT2D eigenvalue weighted by Crippen LogP contribution is -2.43. The molecule has 0 bridgehead atoms. The molecule has 2 aliphatic heterocycles. The van der Waals surface area contributed by atoms with Gasteiger partial charge in [-0.2, -0.15) is 0 Å². The van der Waals surface area contributed by atoms with Crippen molar-refractivity contribution in [1.29, 1.82) is 0 Å². The number of amides is 4. The Morgan fingerprint density at radius 2 is 0.675 bits per heavy atom. The van der Waals surface area contributed by atoms with Gasteiger partial charge in [0.15, 0.2) is 0 Å². The molecule has 4 aromatic carbocycles. The van der Waals surface area contributed by atoms with Crippen molar-refractivity contribution in [2.45, 2.75) is 9.79 Å². The Morgan fingerprint density at radius 3 is 0.900 bits per heavy atom. The third-order valence-corrected chi connectivity index (χ3v) is 8.36. The van der Waals surface area contributed by atoms with Gasteiger partial charge in [-0.1, -0.05) is 0 Å².